The molecule has 1 heterocycles. The highest BCUT2D eigenvalue weighted by atomic mass is 16.7. The predicted molar refractivity (Wildman–Crippen MR) is 162 cm³/mol. The lowest BCUT2D eigenvalue weighted by Gasteiger charge is -2.43. The number of ether oxygens (including phenoxy) is 4. The maximum atomic E-state index is 13.9. The van der Waals surface area contributed by atoms with Crippen molar-refractivity contribution in [3.8, 4) is 17.2 Å². The lowest BCUT2D eigenvalue weighted by molar-refractivity contribution is -0.248. The molecule has 242 valence electrons. The Morgan fingerprint density at radius 1 is 1.09 bits per heavy atom. The smallest absolute Gasteiger partial charge is 0.202 e. The van der Waals surface area contributed by atoms with E-state index in [9.17, 15) is 30.0 Å². The van der Waals surface area contributed by atoms with E-state index in [2.05, 4.69) is 12.2 Å². The van der Waals surface area contributed by atoms with Crippen LogP contribution in [0.1, 0.15) is 101 Å². The van der Waals surface area contributed by atoms with Crippen LogP contribution in [0.15, 0.2) is 30.4 Å². The third kappa shape index (κ3) is 5.77. The number of aromatic hydroxyl groups is 2. The van der Waals surface area contributed by atoms with Gasteiger partial charge in [-0.1, -0.05) is 24.3 Å². The fraction of sp³-hybridized carbons (Fsp3) is 0.529. The molecule has 0 bridgehead atoms. The maximum absolute atomic E-state index is 13.9. The molecule has 0 spiro atoms. The topological polar surface area (TPSA) is 178 Å². The van der Waals surface area contributed by atoms with E-state index in [-0.39, 0.29) is 77.5 Å². The van der Waals surface area contributed by atoms with Crippen molar-refractivity contribution in [2.75, 3.05) is 13.7 Å². The number of hydrogen-bond acceptors (Lipinski definition) is 11. The Kier molecular flexibility index (Phi) is 8.77. The molecular weight excluding hydrogens is 582 g/mol. The van der Waals surface area contributed by atoms with Gasteiger partial charge in [-0.15, -0.1) is 0 Å². The molecular formula is C34H41NO10. The zero-order valence-electron chi connectivity index (χ0n) is 25.5. The summed E-state index contributed by atoms with van der Waals surface area (Å²) in [6.07, 6.45) is 4.68. The predicted octanol–water partition coefficient (Wildman–Crippen LogP) is 3.35. The Morgan fingerprint density at radius 2 is 1.87 bits per heavy atom. The monoisotopic (exact) mass is 623 g/mol. The second-order valence-electron chi connectivity index (χ2n) is 12.7. The van der Waals surface area contributed by atoms with Crippen molar-refractivity contribution in [1.29, 1.82) is 0 Å². The Balaban J connectivity index is 1.39. The number of nitrogens with two attached hydrogens (primary N) is 1. The number of carbonyl (C=O) groups excluding carboxylic acids is 2. The van der Waals surface area contributed by atoms with Crippen LogP contribution in [0.3, 0.4) is 0 Å². The highest BCUT2D eigenvalue weighted by molar-refractivity contribution is 6.31. The average Bonchev–Trinajstić information content (AvgIpc) is 3.28. The lowest BCUT2D eigenvalue weighted by atomic mass is 9.72. The van der Waals surface area contributed by atoms with Gasteiger partial charge in [0.05, 0.1) is 53.8 Å². The minimum Gasteiger partial charge on any atom is -0.507 e. The van der Waals surface area contributed by atoms with Crippen molar-refractivity contribution in [2.24, 2.45) is 5.73 Å². The first-order valence-electron chi connectivity index (χ1n) is 15.6. The van der Waals surface area contributed by atoms with E-state index in [0.717, 1.165) is 25.7 Å². The SMILES string of the molecule is COc1cccc2c1C(=O)c1c(O)c3c(c(O)c1C2=O)C[C@@](O)(CCO[C@H]1CC=CCCC1)C[C@@H]3O[C@H]1CC(N)[C@H](O)C(C)O1. The minimum absolute atomic E-state index is 0.00756. The van der Waals surface area contributed by atoms with Gasteiger partial charge in [-0.3, -0.25) is 9.59 Å². The molecule has 6 rings (SSSR count). The summed E-state index contributed by atoms with van der Waals surface area (Å²) < 4.78 is 23.7. The van der Waals surface area contributed by atoms with E-state index < -0.39 is 59.3 Å². The van der Waals surface area contributed by atoms with E-state index in [1.807, 2.05) is 0 Å². The highest BCUT2D eigenvalue weighted by Crippen LogP contribution is 2.53. The van der Waals surface area contributed by atoms with Crippen LogP contribution < -0.4 is 10.5 Å². The summed E-state index contributed by atoms with van der Waals surface area (Å²) in [7, 11) is 1.38. The number of ketones is 2. The van der Waals surface area contributed by atoms with Crippen LogP contribution in [0, 0.1) is 0 Å². The summed E-state index contributed by atoms with van der Waals surface area (Å²) in [6.45, 7) is 1.91. The molecule has 2 unspecified atom stereocenters. The van der Waals surface area contributed by atoms with Crippen molar-refractivity contribution in [2.45, 2.75) is 101 Å². The number of carbonyl (C=O) groups is 2. The normalized spacial score (nSPS) is 31.1. The summed E-state index contributed by atoms with van der Waals surface area (Å²) >= 11 is 0. The Morgan fingerprint density at radius 3 is 2.62 bits per heavy atom. The van der Waals surface area contributed by atoms with Crippen LogP contribution in [0.5, 0.6) is 17.2 Å². The number of fused-ring (bicyclic) bond motifs is 3. The largest absolute Gasteiger partial charge is 0.507 e. The van der Waals surface area contributed by atoms with Crippen molar-refractivity contribution in [1.82, 2.24) is 0 Å². The minimum atomic E-state index is -1.46. The number of allylic oxidation sites excluding steroid dienone is 1. The molecule has 4 aliphatic rings. The molecule has 7 atom stereocenters. The first kappa shape index (κ1) is 31.7. The van der Waals surface area contributed by atoms with Gasteiger partial charge in [-0.25, -0.2) is 0 Å². The van der Waals surface area contributed by atoms with E-state index in [1.165, 1.54) is 13.2 Å². The molecule has 45 heavy (non-hydrogen) atoms. The second-order valence-corrected chi connectivity index (χ2v) is 12.7. The highest BCUT2D eigenvalue weighted by Gasteiger charge is 2.47. The molecule has 0 saturated carbocycles. The molecule has 11 nitrogen and oxygen atoms in total. The van der Waals surface area contributed by atoms with E-state index in [4.69, 9.17) is 24.7 Å². The molecule has 0 aromatic heterocycles. The van der Waals surface area contributed by atoms with Gasteiger partial charge >= 0.3 is 0 Å². The quantitative estimate of drug-likeness (QED) is 0.193. The standard InChI is InChI=1S/C34H41NO10/c1-17-29(36)21(35)14-24(44-17)45-23-16-34(41,12-13-43-18-8-5-3-4-6-9-18)15-20-26(23)33(40)28-27(31(20)38)30(37)19-10-7-11-22(42-2)25(19)32(28)39/h3,5,7,10-11,17-18,21,23-24,29,36,38,40-41H,4,6,8-9,12-16,35H2,1-2H3/t17?,18-,21?,23-,24-,29+,34-/m0/s1. The molecule has 0 radical (unpaired) electrons. The fourth-order valence-corrected chi connectivity index (χ4v) is 7.17. The summed E-state index contributed by atoms with van der Waals surface area (Å²) in [5, 5.41) is 45.7. The van der Waals surface area contributed by atoms with E-state index in [1.54, 1.807) is 19.1 Å². The van der Waals surface area contributed by atoms with Gasteiger partial charge in [0.2, 0.25) is 5.78 Å². The molecule has 1 fully saturated rings. The average molecular weight is 624 g/mol. The number of methoxy groups -OCH3 is 1. The molecule has 0 amide bonds. The zero-order valence-corrected chi connectivity index (χ0v) is 25.5. The zero-order chi connectivity index (χ0) is 32.0. The number of benzene rings is 2. The summed E-state index contributed by atoms with van der Waals surface area (Å²) in [4.78, 5) is 27.6. The molecule has 2 aromatic carbocycles. The van der Waals surface area contributed by atoms with Gasteiger partial charge in [-0.2, -0.15) is 0 Å². The van der Waals surface area contributed by atoms with Crippen molar-refractivity contribution < 1.29 is 49.0 Å². The van der Waals surface area contributed by atoms with Crippen LogP contribution in [0.4, 0.5) is 0 Å². The van der Waals surface area contributed by atoms with Gasteiger partial charge in [-0.05, 0) is 45.1 Å². The van der Waals surface area contributed by atoms with Gasteiger partial charge in [0, 0.05) is 48.6 Å². The number of aliphatic hydroxyl groups excluding tert-OH is 1. The summed E-state index contributed by atoms with van der Waals surface area (Å²) in [6, 6.07) is 3.95. The number of rotatable bonds is 7. The fourth-order valence-electron chi connectivity index (χ4n) is 7.17. The Hall–Kier alpha value is -3.32. The summed E-state index contributed by atoms with van der Waals surface area (Å²) in [5.74, 6) is -2.15. The third-order valence-electron chi connectivity index (χ3n) is 9.61. The van der Waals surface area contributed by atoms with Crippen LogP contribution >= 0.6 is 0 Å². The van der Waals surface area contributed by atoms with Crippen LogP contribution in [0.25, 0.3) is 0 Å². The number of phenolic OH excluding ortho intramolecular Hbond substituents is 2. The van der Waals surface area contributed by atoms with Gasteiger partial charge < -0.3 is 45.1 Å². The molecule has 1 saturated heterocycles. The molecule has 6 N–H and O–H groups in total. The van der Waals surface area contributed by atoms with Crippen LogP contribution in [-0.4, -0.2) is 82.0 Å². The lowest BCUT2D eigenvalue weighted by Crippen LogP contribution is -2.52. The molecule has 1 aliphatic heterocycles. The number of phenols is 2. The third-order valence-corrected chi connectivity index (χ3v) is 9.61. The summed E-state index contributed by atoms with van der Waals surface area (Å²) in [5.41, 5.74) is 4.27. The van der Waals surface area contributed by atoms with Crippen molar-refractivity contribution in [3.05, 3.63) is 63.7 Å². The first-order chi connectivity index (χ1) is 21.5. The Bertz CT molecular complexity index is 1510. The molecule has 2 aromatic rings. The molecule has 11 heteroatoms. The van der Waals surface area contributed by atoms with E-state index >= 15 is 0 Å². The van der Waals surface area contributed by atoms with Gasteiger partial charge in [0.25, 0.3) is 0 Å². The Labute approximate surface area is 261 Å². The number of aliphatic hydroxyl groups is 2. The maximum Gasteiger partial charge on any atom is 0.202 e. The van der Waals surface area contributed by atoms with Gasteiger partial charge in [0.15, 0.2) is 12.1 Å². The van der Waals surface area contributed by atoms with Gasteiger partial charge in [0.1, 0.15) is 17.2 Å². The number of hydrogen-bond donors (Lipinski definition) is 5. The molecule has 3 aliphatic carbocycles. The second kappa shape index (κ2) is 12.5. The van der Waals surface area contributed by atoms with Crippen LogP contribution in [0.2, 0.25) is 0 Å². The van der Waals surface area contributed by atoms with E-state index in [0.29, 0.717) is 0 Å². The van der Waals surface area contributed by atoms with Crippen molar-refractivity contribution in [3.63, 3.8) is 0 Å². The van der Waals surface area contributed by atoms with Crippen LogP contribution in [-0.2, 0) is 20.6 Å². The first-order valence-corrected chi connectivity index (χ1v) is 15.6. The van der Waals surface area contributed by atoms with Crippen molar-refractivity contribution >= 4 is 11.6 Å².